The molecule has 0 aliphatic carbocycles. The van der Waals surface area contributed by atoms with Gasteiger partial charge in [0.15, 0.2) is 0 Å². The van der Waals surface area contributed by atoms with Gasteiger partial charge in [-0.15, -0.1) is 0 Å². The van der Waals surface area contributed by atoms with Crippen LogP contribution in [0.5, 0.6) is 0 Å². The summed E-state index contributed by atoms with van der Waals surface area (Å²) in [5, 5.41) is 5.07. The molecule has 18 heavy (non-hydrogen) atoms. The summed E-state index contributed by atoms with van der Waals surface area (Å²) in [6.45, 7) is 0.552. The van der Waals surface area contributed by atoms with Crippen LogP contribution in [0.3, 0.4) is 0 Å². The Morgan fingerprint density at radius 1 is 1.17 bits per heavy atom. The Balaban J connectivity index is 4.17. The van der Waals surface area contributed by atoms with Gasteiger partial charge < -0.3 is 22.1 Å². The molecular formula is C11H22N4O3. The molecule has 0 radical (unpaired) electrons. The summed E-state index contributed by atoms with van der Waals surface area (Å²) in [5.41, 5.74) is 10.3. The fourth-order valence-electron chi connectivity index (χ4n) is 1.44. The molecule has 0 spiro atoms. The van der Waals surface area contributed by atoms with Crippen molar-refractivity contribution in [2.75, 3.05) is 13.6 Å². The highest BCUT2D eigenvalue weighted by Gasteiger charge is 2.19. The van der Waals surface area contributed by atoms with Crippen molar-refractivity contribution in [2.24, 2.45) is 11.5 Å². The Bertz CT molecular complexity index is 294. The lowest BCUT2D eigenvalue weighted by Gasteiger charge is -2.16. The smallest absolute Gasteiger partial charge is 0.242 e. The van der Waals surface area contributed by atoms with E-state index in [1.807, 2.05) is 0 Å². The molecule has 7 heteroatoms. The standard InChI is InChI=1S/C11H22N4O3/c1-14-11(18)8(4-2-3-7-12)15-10(17)6-5-9(13)16/h8H,2-7,12H2,1H3,(H2,13,16)(H,14,18)(H,15,17)/t8-/m1/s1. The topological polar surface area (TPSA) is 127 Å². The number of likely N-dealkylation sites (N-methyl/N-ethyl adjacent to an activating group) is 1. The molecule has 7 nitrogen and oxygen atoms in total. The average molecular weight is 258 g/mol. The van der Waals surface area contributed by atoms with Gasteiger partial charge in [-0.05, 0) is 25.8 Å². The number of rotatable bonds is 9. The molecule has 0 aromatic rings. The zero-order valence-electron chi connectivity index (χ0n) is 10.7. The number of nitrogens with two attached hydrogens (primary N) is 2. The maximum Gasteiger partial charge on any atom is 0.242 e. The fourth-order valence-corrected chi connectivity index (χ4v) is 1.44. The minimum absolute atomic E-state index is 0.000281. The molecule has 0 rings (SSSR count). The largest absolute Gasteiger partial charge is 0.370 e. The number of carbonyl (C=O) groups is 3. The summed E-state index contributed by atoms with van der Waals surface area (Å²) >= 11 is 0. The van der Waals surface area contributed by atoms with Gasteiger partial charge in [-0.3, -0.25) is 14.4 Å². The van der Waals surface area contributed by atoms with Crippen molar-refractivity contribution in [3.8, 4) is 0 Å². The zero-order chi connectivity index (χ0) is 14.0. The van der Waals surface area contributed by atoms with E-state index in [-0.39, 0.29) is 24.7 Å². The highest BCUT2D eigenvalue weighted by molar-refractivity contribution is 5.88. The number of hydrogen-bond acceptors (Lipinski definition) is 4. The highest BCUT2D eigenvalue weighted by Crippen LogP contribution is 2.01. The second-order valence-electron chi connectivity index (χ2n) is 3.99. The van der Waals surface area contributed by atoms with Gasteiger partial charge in [-0.2, -0.15) is 0 Å². The quantitative estimate of drug-likeness (QED) is 0.380. The molecule has 0 aromatic carbocycles. The fraction of sp³-hybridized carbons (Fsp3) is 0.727. The van der Waals surface area contributed by atoms with Crippen molar-refractivity contribution >= 4 is 17.7 Å². The Morgan fingerprint density at radius 3 is 2.33 bits per heavy atom. The summed E-state index contributed by atoms with van der Waals surface area (Å²) in [6.07, 6.45) is 2.06. The van der Waals surface area contributed by atoms with Crippen molar-refractivity contribution in [1.82, 2.24) is 10.6 Å². The number of nitrogens with one attached hydrogen (secondary N) is 2. The minimum atomic E-state index is -0.582. The van der Waals surface area contributed by atoms with E-state index in [1.165, 1.54) is 7.05 Å². The third-order valence-corrected chi connectivity index (χ3v) is 2.44. The molecule has 0 fully saturated rings. The van der Waals surface area contributed by atoms with Gasteiger partial charge in [0.05, 0.1) is 0 Å². The van der Waals surface area contributed by atoms with E-state index >= 15 is 0 Å². The van der Waals surface area contributed by atoms with Gasteiger partial charge in [0.25, 0.3) is 0 Å². The maximum atomic E-state index is 11.5. The van der Waals surface area contributed by atoms with Crippen LogP contribution in [0.25, 0.3) is 0 Å². The number of hydrogen-bond donors (Lipinski definition) is 4. The molecule has 0 aliphatic rings. The van der Waals surface area contributed by atoms with Crippen LogP contribution in [-0.2, 0) is 14.4 Å². The predicted molar refractivity (Wildman–Crippen MR) is 67.3 cm³/mol. The van der Waals surface area contributed by atoms with Crippen LogP contribution in [0.2, 0.25) is 0 Å². The van der Waals surface area contributed by atoms with Gasteiger partial charge in [0.2, 0.25) is 17.7 Å². The molecule has 0 unspecified atom stereocenters. The van der Waals surface area contributed by atoms with Crippen molar-refractivity contribution in [2.45, 2.75) is 38.1 Å². The molecule has 0 saturated heterocycles. The Morgan fingerprint density at radius 2 is 1.83 bits per heavy atom. The van der Waals surface area contributed by atoms with Crippen LogP contribution in [0.15, 0.2) is 0 Å². The van der Waals surface area contributed by atoms with E-state index in [2.05, 4.69) is 10.6 Å². The van der Waals surface area contributed by atoms with E-state index in [4.69, 9.17) is 11.5 Å². The van der Waals surface area contributed by atoms with Crippen LogP contribution < -0.4 is 22.1 Å². The molecule has 1 atom stereocenters. The Labute approximate surface area is 107 Å². The molecule has 3 amide bonds. The molecule has 0 bridgehead atoms. The average Bonchev–Trinajstić information content (AvgIpc) is 2.34. The first kappa shape index (κ1) is 16.4. The lowest BCUT2D eigenvalue weighted by atomic mass is 10.1. The van der Waals surface area contributed by atoms with Crippen LogP contribution in [0, 0.1) is 0 Å². The molecule has 0 aromatic heterocycles. The molecular weight excluding hydrogens is 236 g/mol. The third kappa shape index (κ3) is 7.61. The van der Waals surface area contributed by atoms with E-state index < -0.39 is 11.9 Å². The number of amides is 3. The van der Waals surface area contributed by atoms with E-state index in [0.717, 1.165) is 12.8 Å². The van der Waals surface area contributed by atoms with E-state index in [9.17, 15) is 14.4 Å². The summed E-state index contributed by atoms with van der Waals surface area (Å²) in [7, 11) is 1.51. The van der Waals surface area contributed by atoms with Crippen LogP contribution in [0.1, 0.15) is 32.1 Å². The Kier molecular flexibility index (Phi) is 8.55. The summed E-state index contributed by atoms with van der Waals surface area (Å²) < 4.78 is 0. The van der Waals surface area contributed by atoms with E-state index in [1.54, 1.807) is 0 Å². The van der Waals surface area contributed by atoms with Crippen molar-refractivity contribution in [3.05, 3.63) is 0 Å². The first-order valence-electron chi connectivity index (χ1n) is 6.00. The highest BCUT2D eigenvalue weighted by atomic mass is 16.2. The molecule has 0 saturated carbocycles. The van der Waals surface area contributed by atoms with Gasteiger partial charge in [-0.25, -0.2) is 0 Å². The minimum Gasteiger partial charge on any atom is -0.370 e. The monoisotopic (exact) mass is 258 g/mol. The van der Waals surface area contributed by atoms with Gasteiger partial charge in [0, 0.05) is 19.9 Å². The first-order valence-corrected chi connectivity index (χ1v) is 6.00. The first-order chi connectivity index (χ1) is 8.51. The van der Waals surface area contributed by atoms with Gasteiger partial charge in [0.1, 0.15) is 6.04 Å². The number of primary amides is 1. The van der Waals surface area contributed by atoms with Crippen molar-refractivity contribution in [1.29, 1.82) is 0 Å². The van der Waals surface area contributed by atoms with Gasteiger partial charge in [-0.1, -0.05) is 0 Å². The third-order valence-electron chi connectivity index (χ3n) is 2.44. The van der Waals surface area contributed by atoms with Gasteiger partial charge >= 0.3 is 0 Å². The van der Waals surface area contributed by atoms with E-state index in [0.29, 0.717) is 13.0 Å². The molecule has 0 aliphatic heterocycles. The second kappa shape index (κ2) is 9.41. The van der Waals surface area contributed by atoms with Crippen molar-refractivity contribution < 1.29 is 14.4 Å². The normalized spacial score (nSPS) is 11.7. The zero-order valence-corrected chi connectivity index (χ0v) is 10.7. The molecule has 104 valence electrons. The SMILES string of the molecule is CNC(=O)[C@@H](CCCCN)NC(=O)CCC(N)=O. The summed E-state index contributed by atoms with van der Waals surface area (Å²) in [6, 6.07) is -0.582. The van der Waals surface area contributed by atoms with Crippen LogP contribution in [0.4, 0.5) is 0 Å². The predicted octanol–water partition coefficient (Wildman–Crippen LogP) is -1.39. The van der Waals surface area contributed by atoms with Crippen LogP contribution >= 0.6 is 0 Å². The molecule has 6 N–H and O–H groups in total. The lowest BCUT2D eigenvalue weighted by Crippen LogP contribution is -2.45. The number of carbonyl (C=O) groups excluding carboxylic acids is 3. The summed E-state index contributed by atoms with van der Waals surface area (Å²) in [5.74, 6) is -1.14. The maximum absolute atomic E-state index is 11.5. The second-order valence-corrected chi connectivity index (χ2v) is 3.99. The lowest BCUT2D eigenvalue weighted by molar-refractivity contribution is -0.129. The summed E-state index contributed by atoms with van der Waals surface area (Å²) in [4.78, 5) is 33.6. The van der Waals surface area contributed by atoms with Crippen LogP contribution in [-0.4, -0.2) is 37.4 Å². The van der Waals surface area contributed by atoms with Crippen molar-refractivity contribution in [3.63, 3.8) is 0 Å². The molecule has 0 heterocycles. The Hall–Kier alpha value is -1.63. The number of unbranched alkanes of at least 4 members (excludes halogenated alkanes) is 1.